The molecule has 0 unspecified atom stereocenters. The standard InChI is InChI=1S/C24H22N4O4S/c1-16(23(29)25-14-18-10-7-13-30-18)33-24-27-26-22(28(24)17-8-3-2-4-9-17)21-15-31-19-11-5-6-12-20(19)32-21/h2-13,16,21H,14-15H2,1H3,(H,25,29)/t16-,21-/m1/s1. The molecule has 1 aliphatic rings. The first-order valence-electron chi connectivity index (χ1n) is 10.5. The molecule has 0 radical (unpaired) electrons. The van der Waals surface area contributed by atoms with Gasteiger partial charge >= 0.3 is 0 Å². The van der Waals surface area contributed by atoms with E-state index in [0.717, 1.165) is 5.69 Å². The van der Waals surface area contributed by atoms with E-state index in [9.17, 15) is 4.79 Å². The van der Waals surface area contributed by atoms with Gasteiger partial charge in [-0.2, -0.15) is 0 Å². The summed E-state index contributed by atoms with van der Waals surface area (Å²) in [5, 5.41) is 11.9. The van der Waals surface area contributed by atoms with E-state index in [1.165, 1.54) is 11.8 Å². The fourth-order valence-corrected chi connectivity index (χ4v) is 4.37. The second kappa shape index (κ2) is 9.41. The number of furan rings is 1. The Bertz CT molecular complexity index is 1230. The Morgan fingerprint density at radius 3 is 2.67 bits per heavy atom. The minimum Gasteiger partial charge on any atom is -0.485 e. The number of para-hydroxylation sites is 3. The van der Waals surface area contributed by atoms with Crippen molar-refractivity contribution < 1.29 is 18.7 Å². The van der Waals surface area contributed by atoms with Crippen molar-refractivity contribution in [2.45, 2.75) is 30.0 Å². The number of ether oxygens (including phenoxy) is 2. The lowest BCUT2D eigenvalue weighted by atomic mass is 10.2. The van der Waals surface area contributed by atoms with Crippen molar-refractivity contribution >= 4 is 17.7 Å². The molecule has 0 saturated heterocycles. The molecule has 3 heterocycles. The van der Waals surface area contributed by atoms with Crippen molar-refractivity contribution in [2.24, 2.45) is 0 Å². The number of hydrogen-bond acceptors (Lipinski definition) is 7. The van der Waals surface area contributed by atoms with E-state index in [1.807, 2.05) is 72.2 Å². The van der Waals surface area contributed by atoms with Crippen molar-refractivity contribution in [1.29, 1.82) is 0 Å². The van der Waals surface area contributed by atoms with Gasteiger partial charge in [-0.15, -0.1) is 10.2 Å². The maximum Gasteiger partial charge on any atom is 0.233 e. The highest BCUT2D eigenvalue weighted by molar-refractivity contribution is 8.00. The molecule has 1 amide bonds. The molecule has 9 heteroatoms. The smallest absolute Gasteiger partial charge is 0.233 e. The van der Waals surface area contributed by atoms with Crippen molar-refractivity contribution in [3.05, 3.63) is 84.6 Å². The zero-order chi connectivity index (χ0) is 22.6. The summed E-state index contributed by atoms with van der Waals surface area (Å²) in [6, 6.07) is 20.9. The number of amides is 1. The number of carbonyl (C=O) groups is 1. The van der Waals surface area contributed by atoms with Gasteiger partial charge in [0.05, 0.1) is 18.1 Å². The van der Waals surface area contributed by atoms with E-state index in [0.29, 0.717) is 41.4 Å². The van der Waals surface area contributed by atoms with Crippen LogP contribution in [0.1, 0.15) is 24.6 Å². The molecule has 1 aliphatic heterocycles. The summed E-state index contributed by atoms with van der Waals surface area (Å²) in [4.78, 5) is 12.7. The average Bonchev–Trinajstić information content (AvgIpc) is 3.53. The first kappa shape index (κ1) is 21.1. The van der Waals surface area contributed by atoms with Gasteiger partial charge < -0.3 is 19.2 Å². The molecule has 5 rings (SSSR count). The topological polar surface area (TPSA) is 91.4 Å². The van der Waals surface area contributed by atoms with Crippen molar-refractivity contribution in [3.63, 3.8) is 0 Å². The summed E-state index contributed by atoms with van der Waals surface area (Å²) in [7, 11) is 0. The number of thioether (sulfide) groups is 1. The number of fused-ring (bicyclic) bond motifs is 1. The molecule has 0 fully saturated rings. The van der Waals surface area contributed by atoms with Gasteiger partial charge in [0, 0.05) is 5.69 Å². The molecule has 8 nitrogen and oxygen atoms in total. The van der Waals surface area contributed by atoms with Crippen LogP contribution >= 0.6 is 11.8 Å². The van der Waals surface area contributed by atoms with E-state index < -0.39 is 11.4 Å². The van der Waals surface area contributed by atoms with Crippen LogP contribution in [-0.4, -0.2) is 32.5 Å². The molecule has 2 atom stereocenters. The van der Waals surface area contributed by atoms with Crippen molar-refractivity contribution in [3.8, 4) is 17.2 Å². The van der Waals surface area contributed by atoms with Gasteiger partial charge in [-0.1, -0.05) is 42.1 Å². The van der Waals surface area contributed by atoms with E-state index in [2.05, 4.69) is 15.5 Å². The molecule has 0 saturated carbocycles. The maximum atomic E-state index is 12.7. The third-order valence-corrected chi connectivity index (χ3v) is 6.18. The van der Waals surface area contributed by atoms with Crippen LogP contribution in [0.3, 0.4) is 0 Å². The lowest BCUT2D eigenvalue weighted by Crippen LogP contribution is -2.30. The number of hydrogen-bond donors (Lipinski definition) is 1. The molecule has 2 aromatic heterocycles. The van der Waals surface area contributed by atoms with Crippen LogP contribution in [0.4, 0.5) is 0 Å². The minimum absolute atomic E-state index is 0.119. The van der Waals surface area contributed by atoms with Gasteiger partial charge in [0.1, 0.15) is 12.4 Å². The van der Waals surface area contributed by atoms with E-state index in [1.54, 1.807) is 12.3 Å². The fourth-order valence-electron chi connectivity index (χ4n) is 3.48. The Morgan fingerprint density at radius 1 is 1.09 bits per heavy atom. The lowest BCUT2D eigenvalue weighted by Gasteiger charge is -2.26. The first-order valence-corrected chi connectivity index (χ1v) is 11.4. The third-order valence-electron chi connectivity index (χ3n) is 5.14. The number of rotatable bonds is 7. The van der Waals surface area contributed by atoms with Crippen molar-refractivity contribution in [2.75, 3.05) is 6.61 Å². The summed E-state index contributed by atoms with van der Waals surface area (Å²) >= 11 is 1.33. The van der Waals surface area contributed by atoms with Crippen LogP contribution in [0, 0.1) is 0 Å². The van der Waals surface area contributed by atoms with Gasteiger partial charge in [0.15, 0.2) is 28.6 Å². The quantitative estimate of drug-likeness (QED) is 0.412. The summed E-state index contributed by atoms with van der Waals surface area (Å²) in [6.07, 6.45) is 1.14. The van der Waals surface area contributed by atoms with Crippen LogP contribution < -0.4 is 14.8 Å². The number of carbonyl (C=O) groups excluding carboxylic acids is 1. The average molecular weight is 463 g/mol. The Balaban J connectivity index is 1.39. The summed E-state index contributed by atoms with van der Waals surface area (Å²) < 4.78 is 19.3. The molecule has 4 aromatic rings. The molecule has 0 bridgehead atoms. The number of benzene rings is 2. The Kier molecular flexibility index (Phi) is 6.03. The van der Waals surface area contributed by atoms with Gasteiger partial charge in [0.25, 0.3) is 0 Å². The van der Waals surface area contributed by atoms with Crippen LogP contribution in [0.15, 0.2) is 82.6 Å². The second-order valence-corrected chi connectivity index (χ2v) is 8.74. The predicted molar refractivity (Wildman–Crippen MR) is 123 cm³/mol. The highest BCUT2D eigenvalue weighted by atomic mass is 32.2. The van der Waals surface area contributed by atoms with Crippen molar-refractivity contribution in [1.82, 2.24) is 20.1 Å². The van der Waals surface area contributed by atoms with Gasteiger partial charge in [-0.25, -0.2) is 0 Å². The van der Waals surface area contributed by atoms with E-state index in [-0.39, 0.29) is 5.91 Å². The SMILES string of the molecule is C[C@@H](Sc1nnc([C@H]2COc3ccccc3O2)n1-c1ccccc1)C(=O)NCc1ccco1. The lowest BCUT2D eigenvalue weighted by molar-refractivity contribution is -0.120. The number of nitrogens with zero attached hydrogens (tertiary/aromatic N) is 3. The second-order valence-electron chi connectivity index (χ2n) is 7.43. The Hall–Kier alpha value is -3.72. The highest BCUT2D eigenvalue weighted by Gasteiger charge is 2.30. The highest BCUT2D eigenvalue weighted by Crippen LogP contribution is 2.37. The molecule has 0 aliphatic carbocycles. The molecule has 168 valence electrons. The fraction of sp³-hybridized carbons (Fsp3) is 0.208. The van der Waals surface area contributed by atoms with Crippen LogP contribution in [-0.2, 0) is 11.3 Å². The van der Waals surface area contributed by atoms with Gasteiger partial charge in [-0.3, -0.25) is 9.36 Å². The maximum absolute atomic E-state index is 12.7. The Morgan fingerprint density at radius 2 is 1.88 bits per heavy atom. The molecular weight excluding hydrogens is 440 g/mol. The number of aromatic nitrogens is 3. The van der Waals surface area contributed by atoms with Crippen LogP contribution in [0.2, 0.25) is 0 Å². The van der Waals surface area contributed by atoms with Gasteiger partial charge in [-0.05, 0) is 43.3 Å². The Labute approximate surface area is 194 Å². The number of nitrogens with one attached hydrogen (secondary N) is 1. The zero-order valence-electron chi connectivity index (χ0n) is 17.9. The normalized spacial score (nSPS) is 15.7. The third kappa shape index (κ3) is 4.58. The summed E-state index contributed by atoms with van der Waals surface area (Å²) in [6.45, 7) is 2.48. The van der Waals surface area contributed by atoms with Crippen LogP contribution in [0.5, 0.6) is 11.5 Å². The summed E-state index contributed by atoms with van der Waals surface area (Å²) in [5.74, 6) is 2.56. The zero-order valence-corrected chi connectivity index (χ0v) is 18.7. The molecule has 0 spiro atoms. The monoisotopic (exact) mass is 462 g/mol. The van der Waals surface area contributed by atoms with E-state index in [4.69, 9.17) is 13.9 Å². The molecule has 2 aromatic carbocycles. The van der Waals surface area contributed by atoms with E-state index >= 15 is 0 Å². The minimum atomic E-state index is -0.440. The largest absolute Gasteiger partial charge is 0.485 e. The molecular formula is C24H22N4O4S. The predicted octanol–water partition coefficient (Wildman–Crippen LogP) is 4.17. The molecule has 1 N–H and O–H groups in total. The van der Waals surface area contributed by atoms with Crippen LogP contribution in [0.25, 0.3) is 5.69 Å². The molecule has 33 heavy (non-hydrogen) atoms. The first-order chi connectivity index (χ1) is 16.2. The van der Waals surface area contributed by atoms with Gasteiger partial charge in [0.2, 0.25) is 5.91 Å². The summed E-state index contributed by atoms with van der Waals surface area (Å²) in [5.41, 5.74) is 0.880.